The van der Waals surface area contributed by atoms with Gasteiger partial charge in [-0.15, -0.1) is 0 Å². The lowest BCUT2D eigenvalue weighted by molar-refractivity contribution is 0.0976. The van der Waals surface area contributed by atoms with E-state index in [1.807, 2.05) is 12.1 Å². The Morgan fingerprint density at radius 1 is 1.08 bits per heavy atom. The van der Waals surface area contributed by atoms with Gasteiger partial charge >= 0.3 is 0 Å². The van der Waals surface area contributed by atoms with Gasteiger partial charge in [-0.05, 0) is 42.0 Å². The predicted octanol–water partition coefficient (Wildman–Crippen LogP) is 1.91. The number of thiocarbonyl (C=S) groups is 1. The van der Waals surface area contributed by atoms with Crippen molar-refractivity contribution in [3.8, 4) is 17.2 Å². The molecule has 1 heterocycles. The highest BCUT2D eigenvalue weighted by atomic mass is 32.1. The highest BCUT2D eigenvalue weighted by molar-refractivity contribution is 7.80. The van der Waals surface area contributed by atoms with Gasteiger partial charge in [0.1, 0.15) is 0 Å². The summed E-state index contributed by atoms with van der Waals surface area (Å²) in [5, 5.41) is 5.80. The molecule has 2 aromatic rings. The van der Waals surface area contributed by atoms with E-state index in [1.165, 1.54) is 21.3 Å². The number of ether oxygens (including phenoxy) is 3. The number of amides is 1. The lowest BCUT2D eigenvalue weighted by Crippen LogP contribution is -2.38. The van der Waals surface area contributed by atoms with Crippen LogP contribution in [-0.2, 0) is 6.54 Å². The second kappa shape index (κ2) is 8.84. The number of nitrogens with one attached hydrogen (secondary N) is 2. The van der Waals surface area contributed by atoms with Crippen molar-refractivity contribution in [2.24, 2.45) is 0 Å². The van der Waals surface area contributed by atoms with Gasteiger partial charge in [0.15, 0.2) is 16.6 Å². The van der Waals surface area contributed by atoms with E-state index in [0.717, 1.165) is 5.56 Å². The molecule has 25 heavy (non-hydrogen) atoms. The zero-order valence-corrected chi connectivity index (χ0v) is 15.0. The first-order valence-electron chi connectivity index (χ1n) is 7.37. The van der Waals surface area contributed by atoms with E-state index >= 15 is 0 Å². The molecule has 0 aliphatic carbocycles. The Morgan fingerprint density at radius 2 is 1.68 bits per heavy atom. The SMILES string of the molecule is COc1cc(C(=O)NC(=S)NCc2ccncc2)cc(OC)c1OC. The number of carbonyl (C=O) groups excluding carboxylic acids is 1. The second-order valence-corrected chi connectivity index (χ2v) is 5.31. The highest BCUT2D eigenvalue weighted by Crippen LogP contribution is 2.38. The van der Waals surface area contributed by atoms with Crippen LogP contribution < -0.4 is 24.8 Å². The molecule has 0 radical (unpaired) electrons. The Morgan fingerprint density at radius 3 is 2.20 bits per heavy atom. The van der Waals surface area contributed by atoms with Crippen molar-refractivity contribution in [2.45, 2.75) is 6.54 Å². The van der Waals surface area contributed by atoms with E-state index in [-0.39, 0.29) is 11.0 Å². The molecular formula is C17H19N3O4S. The van der Waals surface area contributed by atoms with Crippen LogP contribution in [0, 0.1) is 0 Å². The third-order valence-electron chi connectivity index (χ3n) is 3.36. The number of pyridine rings is 1. The fourth-order valence-corrected chi connectivity index (χ4v) is 2.28. The summed E-state index contributed by atoms with van der Waals surface area (Å²) in [5.74, 6) is 0.816. The Hall–Kier alpha value is -2.87. The van der Waals surface area contributed by atoms with Crippen molar-refractivity contribution in [1.82, 2.24) is 15.6 Å². The van der Waals surface area contributed by atoms with Crippen molar-refractivity contribution in [2.75, 3.05) is 21.3 Å². The van der Waals surface area contributed by atoms with Gasteiger partial charge in [0.25, 0.3) is 5.91 Å². The summed E-state index contributed by atoms with van der Waals surface area (Å²) in [6, 6.07) is 6.83. The molecule has 0 bridgehead atoms. The molecule has 2 rings (SSSR count). The Bertz CT molecular complexity index is 728. The molecule has 0 fully saturated rings. The number of hydrogen-bond donors (Lipinski definition) is 2. The number of rotatable bonds is 6. The molecule has 0 aliphatic heterocycles. The minimum absolute atomic E-state index is 0.218. The molecule has 2 N–H and O–H groups in total. The van der Waals surface area contributed by atoms with Gasteiger partial charge in [-0.25, -0.2) is 0 Å². The Labute approximate surface area is 151 Å². The van der Waals surface area contributed by atoms with Crippen LogP contribution in [0.4, 0.5) is 0 Å². The lowest BCUT2D eigenvalue weighted by atomic mass is 10.1. The molecule has 0 aliphatic rings. The standard InChI is InChI=1S/C17H19N3O4S/c1-22-13-8-12(9-14(23-2)15(13)24-3)16(21)20-17(25)19-10-11-4-6-18-7-5-11/h4-9H,10H2,1-3H3,(H2,19,20,21,25). The summed E-state index contributed by atoms with van der Waals surface area (Å²) >= 11 is 5.15. The molecule has 0 saturated heterocycles. The van der Waals surface area contributed by atoms with Gasteiger partial charge in [0.05, 0.1) is 21.3 Å². The van der Waals surface area contributed by atoms with Crippen LogP contribution in [0.5, 0.6) is 17.2 Å². The van der Waals surface area contributed by atoms with Crippen LogP contribution in [0.3, 0.4) is 0 Å². The predicted molar refractivity (Wildman–Crippen MR) is 97.2 cm³/mol. The van der Waals surface area contributed by atoms with Crippen LogP contribution >= 0.6 is 12.2 Å². The second-order valence-electron chi connectivity index (χ2n) is 4.91. The molecule has 7 nitrogen and oxygen atoms in total. The molecule has 8 heteroatoms. The molecule has 1 aromatic heterocycles. The van der Waals surface area contributed by atoms with Crippen LogP contribution in [0.25, 0.3) is 0 Å². The quantitative estimate of drug-likeness (QED) is 0.761. The maximum Gasteiger partial charge on any atom is 0.257 e. The molecular weight excluding hydrogens is 342 g/mol. The topological polar surface area (TPSA) is 81.7 Å². The first-order valence-corrected chi connectivity index (χ1v) is 7.78. The number of aromatic nitrogens is 1. The summed E-state index contributed by atoms with van der Waals surface area (Å²) < 4.78 is 15.7. The number of methoxy groups -OCH3 is 3. The van der Waals surface area contributed by atoms with Crippen molar-refractivity contribution in [3.63, 3.8) is 0 Å². The molecule has 1 amide bonds. The number of benzene rings is 1. The number of hydrogen-bond acceptors (Lipinski definition) is 6. The monoisotopic (exact) mass is 361 g/mol. The summed E-state index contributed by atoms with van der Waals surface area (Å²) in [5.41, 5.74) is 1.34. The summed E-state index contributed by atoms with van der Waals surface area (Å²) in [6.07, 6.45) is 3.38. The fraction of sp³-hybridized carbons (Fsp3) is 0.235. The van der Waals surface area contributed by atoms with Gasteiger partial charge in [0.2, 0.25) is 5.75 Å². The molecule has 132 valence electrons. The smallest absolute Gasteiger partial charge is 0.257 e. The van der Waals surface area contributed by atoms with E-state index < -0.39 is 0 Å². The lowest BCUT2D eigenvalue weighted by Gasteiger charge is -2.14. The Kier molecular flexibility index (Phi) is 6.53. The summed E-state index contributed by atoms with van der Waals surface area (Å²) in [7, 11) is 4.47. The van der Waals surface area contributed by atoms with Crippen LogP contribution in [0.2, 0.25) is 0 Å². The average molecular weight is 361 g/mol. The van der Waals surface area contributed by atoms with E-state index in [0.29, 0.717) is 29.4 Å². The summed E-state index contributed by atoms with van der Waals surface area (Å²) in [6.45, 7) is 0.483. The van der Waals surface area contributed by atoms with Crippen LogP contribution in [0.1, 0.15) is 15.9 Å². The normalized spacial score (nSPS) is 9.88. The van der Waals surface area contributed by atoms with E-state index in [1.54, 1.807) is 24.5 Å². The average Bonchev–Trinajstić information content (AvgIpc) is 2.65. The van der Waals surface area contributed by atoms with E-state index in [4.69, 9.17) is 26.4 Å². The Balaban J connectivity index is 2.06. The highest BCUT2D eigenvalue weighted by Gasteiger charge is 2.17. The van der Waals surface area contributed by atoms with Crippen molar-refractivity contribution in [1.29, 1.82) is 0 Å². The third kappa shape index (κ3) is 4.80. The summed E-state index contributed by atoms with van der Waals surface area (Å²) in [4.78, 5) is 16.3. The number of nitrogens with zero attached hydrogens (tertiary/aromatic N) is 1. The number of carbonyl (C=O) groups is 1. The van der Waals surface area contributed by atoms with Crippen LogP contribution in [0.15, 0.2) is 36.7 Å². The van der Waals surface area contributed by atoms with Gasteiger partial charge in [0, 0.05) is 24.5 Å². The maximum absolute atomic E-state index is 12.4. The minimum atomic E-state index is -0.383. The zero-order valence-electron chi connectivity index (χ0n) is 14.2. The van der Waals surface area contributed by atoms with E-state index in [9.17, 15) is 4.79 Å². The van der Waals surface area contributed by atoms with Gasteiger partial charge < -0.3 is 19.5 Å². The largest absolute Gasteiger partial charge is 0.493 e. The fourth-order valence-electron chi connectivity index (χ4n) is 2.11. The first-order chi connectivity index (χ1) is 12.1. The first kappa shape index (κ1) is 18.5. The molecule has 0 saturated carbocycles. The van der Waals surface area contributed by atoms with Crippen molar-refractivity contribution >= 4 is 23.2 Å². The van der Waals surface area contributed by atoms with Gasteiger partial charge in [-0.1, -0.05) is 0 Å². The molecule has 1 aromatic carbocycles. The minimum Gasteiger partial charge on any atom is -0.493 e. The third-order valence-corrected chi connectivity index (χ3v) is 3.60. The van der Waals surface area contributed by atoms with E-state index in [2.05, 4.69) is 15.6 Å². The van der Waals surface area contributed by atoms with Crippen molar-refractivity contribution in [3.05, 3.63) is 47.8 Å². The van der Waals surface area contributed by atoms with Crippen LogP contribution in [-0.4, -0.2) is 37.3 Å². The zero-order chi connectivity index (χ0) is 18.2. The van der Waals surface area contributed by atoms with Gasteiger partial charge in [-0.2, -0.15) is 0 Å². The maximum atomic E-state index is 12.4. The molecule has 0 atom stereocenters. The van der Waals surface area contributed by atoms with Crippen molar-refractivity contribution < 1.29 is 19.0 Å². The molecule has 0 unspecified atom stereocenters. The molecule has 0 spiro atoms. The van der Waals surface area contributed by atoms with Gasteiger partial charge in [-0.3, -0.25) is 15.1 Å².